The molecule has 1 aromatic heterocycles. The maximum atomic E-state index is 12.0. The van der Waals surface area contributed by atoms with E-state index in [1.54, 1.807) is 0 Å². The van der Waals surface area contributed by atoms with Crippen molar-refractivity contribution >= 4 is 29.6 Å². The van der Waals surface area contributed by atoms with E-state index in [4.69, 9.17) is 0 Å². The van der Waals surface area contributed by atoms with Crippen LogP contribution in [0.15, 0.2) is 5.16 Å². The number of nitrogens with zero attached hydrogens (tertiary/aromatic N) is 4. The summed E-state index contributed by atoms with van der Waals surface area (Å²) in [5.74, 6) is 1.57. The second kappa shape index (κ2) is 7.46. The van der Waals surface area contributed by atoms with Gasteiger partial charge in [0.05, 0.1) is 5.75 Å². The minimum absolute atomic E-state index is 0.167. The highest BCUT2D eigenvalue weighted by molar-refractivity contribution is 7.99. The molecule has 0 atom stereocenters. The highest BCUT2D eigenvalue weighted by atomic mass is 32.2. The predicted octanol–water partition coefficient (Wildman–Crippen LogP) is 1.93. The first-order valence-corrected chi connectivity index (χ1v) is 10.5. The van der Waals surface area contributed by atoms with E-state index in [0.29, 0.717) is 6.04 Å². The van der Waals surface area contributed by atoms with Crippen LogP contribution >= 0.6 is 11.8 Å². The number of hydrogen-bond acceptors (Lipinski definition) is 6. The third-order valence-electron chi connectivity index (χ3n) is 5.12. The van der Waals surface area contributed by atoms with Gasteiger partial charge in [0.25, 0.3) is 0 Å². The summed E-state index contributed by atoms with van der Waals surface area (Å²) < 4.78 is 2.19. The Hall–Kier alpha value is -1.77. The van der Waals surface area contributed by atoms with E-state index in [1.807, 2.05) is 0 Å². The fourth-order valence-corrected chi connectivity index (χ4v) is 3.99. The standard InChI is InChI=1S/C17H26N6O2S/c1-11-6-8-22(9-7-11)16-20-21-17(23(16)13-4-5-13)26-10-14(24)19-15(25)18-12-2-3-12/h11-13H,2-10H2,1H3,(H2,18,19,24,25). The number of nitrogens with one attached hydrogen (secondary N) is 2. The van der Waals surface area contributed by atoms with E-state index in [9.17, 15) is 9.59 Å². The van der Waals surface area contributed by atoms with Crippen molar-refractivity contribution in [3.8, 4) is 0 Å². The van der Waals surface area contributed by atoms with Crippen molar-refractivity contribution in [2.75, 3.05) is 23.7 Å². The number of piperidine rings is 1. The molecule has 1 aromatic rings. The number of imide groups is 1. The molecule has 2 saturated carbocycles. The SMILES string of the molecule is CC1CCN(c2nnc(SCC(=O)NC(=O)NC3CC3)n2C2CC2)CC1. The molecule has 2 aliphatic carbocycles. The zero-order chi connectivity index (χ0) is 18.1. The van der Waals surface area contributed by atoms with Crippen molar-refractivity contribution in [1.82, 2.24) is 25.4 Å². The molecule has 8 nitrogen and oxygen atoms in total. The lowest BCUT2D eigenvalue weighted by molar-refractivity contribution is -0.117. The van der Waals surface area contributed by atoms with E-state index in [-0.39, 0.29) is 17.7 Å². The summed E-state index contributed by atoms with van der Waals surface area (Å²) in [6.45, 7) is 4.32. The Kier molecular flexibility index (Phi) is 5.06. The third-order valence-corrected chi connectivity index (χ3v) is 6.07. The zero-order valence-corrected chi connectivity index (χ0v) is 15.9. The van der Waals surface area contributed by atoms with Gasteiger partial charge >= 0.3 is 6.03 Å². The lowest BCUT2D eigenvalue weighted by Crippen LogP contribution is -2.41. The van der Waals surface area contributed by atoms with Crippen molar-refractivity contribution in [2.45, 2.75) is 62.7 Å². The maximum Gasteiger partial charge on any atom is 0.321 e. The second-order valence-electron chi connectivity index (χ2n) is 7.64. The summed E-state index contributed by atoms with van der Waals surface area (Å²) in [7, 11) is 0. The van der Waals surface area contributed by atoms with Gasteiger partial charge < -0.3 is 10.2 Å². The number of carbonyl (C=O) groups excluding carboxylic acids is 2. The number of hydrogen-bond donors (Lipinski definition) is 2. The average molecular weight is 379 g/mol. The van der Waals surface area contributed by atoms with E-state index in [0.717, 1.165) is 55.8 Å². The van der Waals surface area contributed by atoms with Gasteiger partial charge in [-0.3, -0.25) is 14.7 Å². The lowest BCUT2D eigenvalue weighted by atomic mass is 10.00. The van der Waals surface area contributed by atoms with Crippen LogP contribution in [0.3, 0.4) is 0 Å². The average Bonchev–Trinajstić information content (AvgIpc) is 3.54. The van der Waals surface area contributed by atoms with E-state index < -0.39 is 6.03 Å². The smallest absolute Gasteiger partial charge is 0.321 e. The van der Waals surface area contributed by atoms with Gasteiger partial charge in [-0.05, 0) is 44.4 Å². The molecule has 0 spiro atoms. The maximum absolute atomic E-state index is 12.0. The molecule has 0 aromatic carbocycles. The highest BCUT2D eigenvalue weighted by Gasteiger charge is 2.32. The number of aromatic nitrogens is 3. The van der Waals surface area contributed by atoms with Gasteiger partial charge in [0.15, 0.2) is 5.16 Å². The summed E-state index contributed by atoms with van der Waals surface area (Å²) in [5.41, 5.74) is 0. The second-order valence-corrected chi connectivity index (χ2v) is 8.58. The monoisotopic (exact) mass is 378 g/mol. The molecule has 142 valence electrons. The minimum Gasteiger partial charge on any atom is -0.341 e. The van der Waals surface area contributed by atoms with Gasteiger partial charge in [-0.25, -0.2) is 4.79 Å². The normalized spacial score (nSPS) is 20.9. The van der Waals surface area contributed by atoms with Crippen LogP contribution in [0.5, 0.6) is 0 Å². The number of urea groups is 1. The Morgan fingerprint density at radius 3 is 2.50 bits per heavy atom. The number of thioether (sulfide) groups is 1. The summed E-state index contributed by atoms with van der Waals surface area (Å²) in [4.78, 5) is 26.0. The topological polar surface area (TPSA) is 92.2 Å². The summed E-state index contributed by atoms with van der Waals surface area (Å²) >= 11 is 1.36. The number of carbonyl (C=O) groups is 2. The molecule has 2 N–H and O–H groups in total. The molecule has 1 aliphatic heterocycles. The van der Waals surface area contributed by atoms with E-state index in [2.05, 4.69) is 37.2 Å². The predicted molar refractivity (Wildman–Crippen MR) is 99.3 cm³/mol. The van der Waals surface area contributed by atoms with Crippen molar-refractivity contribution in [3.63, 3.8) is 0 Å². The Bertz CT molecular complexity index is 677. The van der Waals surface area contributed by atoms with Crippen LogP contribution < -0.4 is 15.5 Å². The molecule has 9 heteroatoms. The van der Waals surface area contributed by atoms with E-state index in [1.165, 1.54) is 24.6 Å². The van der Waals surface area contributed by atoms with Crippen molar-refractivity contribution in [2.24, 2.45) is 5.92 Å². The quantitative estimate of drug-likeness (QED) is 0.735. The van der Waals surface area contributed by atoms with Crippen LogP contribution in [0.1, 0.15) is 51.5 Å². The molecule has 0 radical (unpaired) electrons. The van der Waals surface area contributed by atoms with Crippen LogP contribution in [0.2, 0.25) is 0 Å². The Morgan fingerprint density at radius 1 is 1.12 bits per heavy atom. The highest BCUT2D eigenvalue weighted by Crippen LogP contribution is 2.41. The first-order valence-electron chi connectivity index (χ1n) is 9.53. The molecule has 3 aliphatic rings. The lowest BCUT2D eigenvalue weighted by Gasteiger charge is -2.31. The van der Waals surface area contributed by atoms with Crippen LogP contribution in [0.4, 0.5) is 10.7 Å². The van der Waals surface area contributed by atoms with Gasteiger partial charge in [0.1, 0.15) is 0 Å². The largest absolute Gasteiger partial charge is 0.341 e. The summed E-state index contributed by atoms with van der Waals surface area (Å²) in [6, 6.07) is 0.288. The molecular formula is C17H26N6O2S. The fraction of sp³-hybridized carbons (Fsp3) is 0.765. The molecular weight excluding hydrogens is 352 g/mol. The third kappa shape index (κ3) is 4.31. The molecule has 1 saturated heterocycles. The summed E-state index contributed by atoms with van der Waals surface area (Å²) in [6.07, 6.45) is 6.63. The Balaban J connectivity index is 1.35. The molecule has 26 heavy (non-hydrogen) atoms. The van der Waals surface area contributed by atoms with Crippen LogP contribution in [0.25, 0.3) is 0 Å². The van der Waals surface area contributed by atoms with Gasteiger partial charge in [-0.2, -0.15) is 0 Å². The van der Waals surface area contributed by atoms with Crippen LogP contribution in [0, 0.1) is 5.92 Å². The van der Waals surface area contributed by atoms with Gasteiger partial charge in [-0.1, -0.05) is 18.7 Å². The van der Waals surface area contributed by atoms with Gasteiger partial charge in [0.2, 0.25) is 11.9 Å². The van der Waals surface area contributed by atoms with Crippen LogP contribution in [-0.4, -0.2) is 51.6 Å². The van der Waals surface area contributed by atoms with E-state index >= 15 is 0 Å². The first-order chi connectivity index (χ1) is 12.6. The number of amides is 3. The van der Waals surface area contributed by atoms with Crippen molar-refractivity contribution in [1.29, 1.82) is 0 Å². The Morgan fingerprint density at radius 2 is 1.85 bits per heavy atom. The van der Waals surface area contributed by atoms with Gasteiger partial charge in [0, 0.05) is 25.2 Å². The van der Waals surface area contributed by atoms with Crippen molar-refractivity contribution < 1.29 is 9.59 Å². The molecule has 2 heterocycles. The summed E-state index contributed by atoms with van der Waals surface area (Å²) in [5, 5.41) is 14.7. The Labute approximate surface area is 157 Å². The van der Waals surface area contributed by atoms with Gasteiger partial charge in [-0.15, -0.1) is 10.2 Å². The molecule has 3 fully saturated rings. The molecule has 0 bridgehead atoms. The minimum atomic E-state index is -0.398. The first kappa shape index (κ1) is 17.6. The number of anilines is 1. The number of rotatable bonds is 6. The molecule has 0 unspecified atom stereocenters. The van der Waals surface area contributed by atoms with Crippen LogP contribution in [-0.2, 0) is 4.79 Å². The molecule has 3 amide bonds. The van der Waals surface area contributed by atoms with Crippen molar-refractivity contribution in [3.05, 3.63) is 0 Å². The zero-order valence-electron chi connectivity index (χ0n) is 15.1. The fourth-order valence-electron chi connectivity index (χ4n) is 3.19. The molecule has 4 rings (SSSR count).